The highest BCUT2D eigenvalue weighted by Gasteiger charge is 2.23. The number of carboxylic acid groups (broad SMARTS) is 2. The molecule has 0 saturated heterocycles. The molecule has 96 valence electrons. The highest BCUT2D eigenvalue weighted by molar-refractivity contribution is 5.92. The number of carbonyl (C=O) groups is 3. The Morgan fingerprint density at radius 3 is 1.76 bits per heavy atom. The predicted molar refractivity (Wildman–Crippen MR) is 66.5 cm³/mol. The van der Waals surface area contributed by atoms with Crippen LogP contribution >= 0.6 is 0 Å². The monoisotopic (exact) mass is 257 g/mol. The lowest BCUT2D eigenvalue weighted by Gasteiger charge is -2.02. The third-order valence-corrected chi connectivity index (χ3v) is 1.61. The van der Waals surface area contributed by atoms with Crippen LogP contribution in [-0.2, 0) is 14.4 Å². The molecule has 0 aliphatic heterocycles. The lowest BCUT2D eigenvalue weighted by Crippen LogP contribution is -2.22. The minimum Gasteiger partial charge on any atom is -0.481 e. The van der Waals surface area contributed by atoms with Gasteiger partial charge in [-0.2, -0.15) is 0 Å². The Bertz CT molecular complexity index is 253. The van der Waals surface area contributed by atoms with Crippen molar-refractivity contribution in [1.82, 2.24) is 5.32 Å². The van der Waals surface area contributed by atoms with E-state index in [1.807, 2.05) is 0 Å². The van der Waals surface area contributed by atoms with E-state index < -0.39 is 17.9 Å². The molecule has 6 nitrogen and oxygen atoms in total. The average molecular weight is 258 g/mol. The van der Waals surface area contributed by atoms with Gasteiger partial charge >= 0.3 is 35.0 Å². The van der Waals surface area contributed by atoms with E-state index in [0.29, 0.717) is 6.42 Å². The Balaban J connectivity index is -0.000000244. The Labute approximate surface area is 116 Å². The molecule has 0 unspecified atom stereocenters. The zero-order chi connectivity index (χ0) is 13.1. The third-order valence-electron chi connectivity index (χ3n) is 1.61. The van der Waals surface area contributed by atoms with Gasteiger partial charge < -0.3 is 15.5 Å². The second-order valence-electron chi connectivity index (χ2n) is 2.84. The summed E-state index contributed by atoms with van der Waals surface area (Å²) in [6.45, 7) is 4.97. The van der Waals surface area contributed by atoms with Crippen molar-refractivity contribution in [3.63, 3.8) is 0 Å². The summed E-state index contributed by atoms with van der Waals surface area (Å²) in [6, 6.07) is 0. The highest BCUT2D eigenvalue weighted by atomic mass is 24.3. The number of hydrogen-bond donors (Lipinski definition) is 3. The van der Waals surface area contributed by atoms with E-state index in [-0.39, 0.29) is 35.4 Å². The van der Waals surface area contributed by atoms with Crippen molar-refractivity contribution in [3.05, 3.63) is 12.7 Å². The molecule has 0 spiro atoms. The van der Waals surface area contributed by atoms with Gasteiger partial charge in [0.2, 0.25) is 5.91 Å². The maximum Gasteiger partial charge on any atom is 0.317 e. The smallest absolute Gasteiger partial charge is 0.317 e. The molecular weight excluding hydrogens is 238 g/mol. The largest absolute Gasteiger partial charge is 0.481 e. The quantitative estimate of drug-likeness (QED) is 0.352. The number of nitrogens with one attached hydrogen (secondary N) is 1. The number of rotatable bonds is 5. The number of carbonyl (C=O) groups excluding carboxylic acids is 1. The maximum absolute atomic E-state index is 10.2. The van der Waals surface area contributed by atoms with Crippen LogP contribution in [0.15, 0.2) is 12.7 Å². The van der Waals surface area contributed by atoms with Crippen molar-refractivity contribution >= 4 is 40.9 Å². The van der Waals surface area contributed by atoms with E-state index in [9.17, 15) is 14.4 Å². The molecule has 17 heavy (non-hydrogen) atoms. The van der Waals surface area contributed by atoms with Crippen LogP contribution in [0.5, 0.6) is 0 Å². The van der Waals surface area contributed by atoms with Gasteiger partial charge in [0.25, 0.3) is 0 Å². The predicted octanol–water partition coefficient (Wildman–Crippen LogP) is -0.426. The lowest BCUT2D eigenvalue weighted by molar-refractivity contribution is -0.154. The molecule has 0 aromatic rings. The zero-order valence-corrected chi connectivity index (χ0v) is 9.40. The van der Waals surface area contributed by atoms with Gasteiger partial charge in [0, 0.05) is 7.05 Å². The van der Waals surface area contributed by atoms with Crippen LogP contribution in [0.25, 0.3) is 0 Å². The van der Waals surface area contributed by atoms with Crippen molar-refractivity contribution in [2.24, 2.45) is 5.92 Å². The summed E-state index contributed by atoms with van der Waals surface area (Å²) in [5.41, 5.74) is 0. The maximum atomic E-state index is 10.2. The summed E-state index contributed by atoms with van der Waals surface area (Å²) in [5.74, 6) is -3.89. The fraction of sp³-hybridized carbons (Fsp3) is 0.500. The van der Waals surface area contributed by atoms with Crippen LogP contribution in [-0.4, -0.2) is 58.2 Å². The molecule has 1 amide bonds. The topological polar surface area (TPSA) is 104 Å². The average Bonchev–Trinajstić information content (AvgIpc) is 2.24. The summed E-state index contributed by atoms with van der Waals surface area (Å²) in [6.07, 6.45) is 1.99. The van der Waals surface area contributed by atoms with E-state index in [1.54, 1.807) is 14.0 Å². The lowest BCUT2D eigenvalue weighted by atomic mass is 10.1. The van der Waals surface area contributed by atoms with Gasteiger partial charge in [-0.25, -0.2) is 0 Å². The molecule has 0 aromatic carbocycles. The second kappa shape index (κ2) is 13.0. The van der Waals surface area contributed by atoms with Crippen molar-refractivity contribution in [3.8, 4) is 0 Å². The van der Waals surface area contributed by atoms with E-state index >= 15 is 0 Å². The first kappa shape index (κ1) is 21.2. The molecule has 0 fully saturated rings. The molecule has 0 saturated carbocycles. The summed E-state index contributed by atoms with van der Waals surface area (Å²) < 4.78 is 0. The van der Waals surface area contributed by atoms with Crippen molar-refractivity contribution in [2.75, 3.05) is 7.05 Å². The first-order valence-electron chi connectivity index (χ1n) is 4.70. The molecule has 7 heteroatoms. The van der Waals surface area contributed by atoms with E-state index in [0.717, 1.165) is 0 Å². The van der Waals surface area contributed by atoms with E-state index in [2.05, 4.69) is 11.9 Å². The number of likely N-dealkylation sites (N-methyl/N-ethyl adjacent to an activating group) is 1. The van der Waals surface area contributed by atoms with Gasteiger partial charge in [-0.1, -0.05) is 19.9 Å². The molecule has 0 atom stereocenters. The van der Waals surface area contributed by atoms with Crippen molar-refractivity contribution in [1.29, 1.82) is 0 Å². The van der Waals surface area contributed by atoms with Gasteiger partial charge in [0.1, 0.15) is 0 Å². The highest BCUT2D eigenvalue weighted by Crippen LogP contribution is 2.05. The number of amides is 1. The standard InChI is InChI=1S/C6H10O4.C4H7NO.Mg.2H/c1-2-3-4(5(7)8)6(9)10;1-3-4(6)5-2;;;/h4H,2-3H2,1H3,(H,7,8)(H,9,10);3H,1H2,2H3,(H,5,6);;;. The van der Waals surface area contributed by atoms with Crippen LogP contribution in [0.2, 0.25) is 0 Å². The third kappa shape index (κ3) is 12.8. The molecule has 0 bridgehead atoms. The minimum atomic E-state index is -1.26. The number of carboxylic acids is 2. The van der Waals surface area contributed by atoms with Gasteiger partial charge in [0.05, 0.1) is 0 Å². The second-order valence-corrected chi connectivity index (χ2v) is 2.84. The van der Waals surface area contributed by atoms with Gasteiger partial charge in [-0.3, -0.25) is 14.4 Å². The summed E-state index contributed by atoms with van der Waals surface area (Å²) in [5, 5.41) is 18.9. The Hall–Kier alpha value is -1.08. The van der Waals surface area contributed by atoms with Crippen LogP contribution < -0.4 is 5.32 Å². The Morgan fingerprint density at radius 2 is 1.71 bits per heavy atom. The number of hydrogen-bond acceptors (Lipinski definition) is 3. The van der Waals surface area contributed by atoms with Crippen molar-refractivity contribution < 1.29 is 24.6 Å². The van der Waals surface area contributed by atoms with Crippen LogP contribution in [0.1, 0.15) is 19.8 Å². The first-order valence-corrected chi connectivity index (χ1v) is 4.70. The molecule has 0 aromatic heterocycles. The van der Waals surface area contributed by atoms with Crippen LogP contribution in [0.3, 0.4) is 0 Å². The van der Waals surface area contributed by atoms with E-state index in [4.69, 9.17) is 10.2 Å². The fourth-order valence-corrected chi connectivity index (χ4v) is 0.743. The Morgan fingerprint density at radius 1 is 1.29 bits per heavy atom. The Kier molecular flexibility index (Phi) is 16.2. The fourth-order valence-electron chi connectivity index (χ4n) is 0.743. The zero-order valence-electron chi connectivity index (χ0n) is 9.40. The first-order chi connectivity index (χ1) is 7.40. The molecule has 0 aliphatic carbocycles. The number of aliphatic carboxylic acids is 2. The van der Waals surface area contributed by atoms with Gasteiger partial charge in [-0.05, 0) is 12.5 Å². The van der Waals surface area contributed by atoms with Gasteiger partial charge in [-0.15, -0.1) is 0 Å². The van der Waals surface area contributed by atoms with E-state index in [1.165, 1.54) is 6.08 Å². The normalized spacial score (nSPS) is 8.18. The molecule has 0 heterocycles. The molecular formula is C10H19MgNO5. The molecule has 0 aliphatic rings. The molecule has 0 radical (unpaired) electrons. The summed E-state index contributed by atoms with van der Waals surface area (Å²) in [7, 11) is 1.56. The van der Waals surface area contributed by atoms with Crippen LogP contribution in [0, 0.1) is 5.92 Å². The van der Waals surface area contributed by atoms with Crippen LogP contribution in [0.4, 0.5) is 0 Å². The summed E-state index contributed by atoms with van der Waals surface area (Å²) in [4.78, 5) is 30.3. The van der Waals surface area contributed by atoms with Gasteiger partial charge in [0.15, 0.2) is 5.92 Å². The minimum absolute atomic E-state index is 0. The molecule has 3 N–H and O–H groups in total. The molecule has 0 rings (SSSR count). The SMILES string of the molecule is C=CC(=O)NC.CCCC(C(=O)O)C(=O)O.[MgH2]. The summed E-state index contributed by atoms with van der Waals surface area (Å²) >= 11 is 0. The van der Waals surface area contributed by atoms with Crippen molar-refractivity contribution in [2.45, 2.75) is 19.8 Å².